The molecule has 0 aliphatic carbocycles. The van der Waals surface area contributed by atoms with Crippen LogP contribution in [0.1, 0.15) is 12.7 Å². The zero-order valence-corrected chi connectivity index (χ0v) is 11.2. The average molecular weight is 262 g/mol. The molecule has 2 aromatic rings. The molecular weight excluding hydrogens is 244 g/mol. The number of hydrogen-bond acceptors (Lipinski definition) is 6. The molecular formula is C12H18N6O. The lowest BCUT2D eigenvalue weighted by atomic mass is 10.1. The Labute approximate surface area is 111 Å². The monoisotopic (exact) mass is 262 g/mol. The van der Waals surface area contributed by atoms with Gasteiger partial charge >= 0.3 is 0 Å². The van der Waals surface area contributed by atoms with E-state index in [0.29, 0.717) is 6.61 Å². The predicted molar refractivity (Wildman–Crippen MR) is 71.1 cm³/mol. The van der Waals surface area contributed by atoms with E-state index in [-0.39, 0.29) is 12.1 Å². The second kappa shape index (κ2) is 4.75. The molecule has 0 spiro atoms. The highest BCUT2D eigenvalue weighted by Gasteiger charge is 2.26. The Morgan fingerprint density at radius 2 is 2.32 bits per heavy atom. The highest BCUT2D eigenvalue weighted by Crippen LogP contribution is 2.20. The molecule has 102 valence electrons. The number of morpholine rings is 1. The molecule has 1 saturated heterocycles. The fraction of sp³-hybridized carbons (Fsp3) is 0.583. The molecule has 0 bridgehead atoms. The minimum Gasteiger partial charge on any atom is -0.373 e. The van der Waals surface area contributed by atoms with Gasteiger partial charge in [-0.3, -0.25) is 4.40 Å². The van der Waals surface area contributed by atoms with Crippen LogP contribution in [-0.4, -0.2) is 51.4 Å². The summed E-state index contributed by atoms with van der Waals surface area (Å²) in [6.45, 7) is 6.07. The molecule has 1 aliphatic rings. The van der Waals surface area contributed by atoms with Crippen LogP contribution < -0.4 is 10.6 Å². The van der Waals surface area contributed by atoms with Crippen molar-refractivity contribution < 1.29 is 4.74 Å². The third-order valence-corrected chi connectivity index (χ3v) is 3.46. The lowest BCUT2D eigenvalue weighted by molar-refractivity contribution is 0.0274. The highest BCUT2D eigenvalue weighted by molar-refractivity contribution is 5.63. The fourth-order valence-electron chi connectivity index (χ4n) is 2.34. The van der Waals surface area contributed by atoms with Gasteiger partial charge in [-0.05, 0) is 13.8 Å². The minimum absolute atomic E-state index is 0.00198. The van der Waals surface area contributed by atoms with E-state index in [0.717, 1.165) is 30.4 Å². The van der Waals surface area contributed by atoms with Gasteiger partial charge in [0.25, 0.3) is 0 Å². The number of anilines is 1. The largest absolute Gasteiger partial charge is 0.373 e. The van der Waals surface area contributed by atoms with E-state index in [1.807, 2.05) is 24.4 Å². The summed E-state index contributed by atoms with van der Waals surface area (Å²) in [5.74, 6) is 1.70. The van der Waals surface area contributed by atoms with Crippen molar-refractivity contribution in [3.8, 4) is 0 Å². The zero-order chi connectivity index (χ0) is 13.4. The van der Waals surface area contributed by atoms with Gasteiger partial charge in [-0.25, -0.2) is 4.98 Å². The van der Waals surface area contributed by atoms with Crippen molar-refractivity contribution in [3.05, 3.63) is 18.2 Å². The van der Waals surface area contributed by atoms with Crippen LogP contribution in [0.4, 0.5) is 5.82 Å². The summed E-state index contributed by atoms with van der Waals surface area (Å²) < 4.78 is 7.61. The number of nitrogens with two attached hydrogens (primary N) is 1. The van der Waals surface area contributed by atoms with E-state index < -0.39 is 0 Å². The van der Waals surface area contributed by atoms with Crippen LogP contribution in [0.15, 0.2) is 12.4 Å². The molecule has 7 heteroatoms. The molecule has 7 nitrogen and oxygen atoms in total. The Balaban J connectivity index is 1.95. The molecule has 0 radical (unpaired) electrons. The van der Waals surface area contributed by atoms with Crippen molar-refractivity contribution in [2.75, 3.05) is 24.6 Å². The maximum atomic E-state index is 5.92. The molecule has 1 fully saturated rings. The molecule has 3 rings (SSSR count). The van der Waals surface area contributed by atoms with Crippen molar-refractivity contribution in [2.24, 2.45) is 5.73 Å². The summed E-state index contributed by atoms with van der Waals surface area (Å²) in [5.41, 5.74) is 6.70. The van der Waals surface area contributed by atoms with Gasteiger partial charge in [0.2, 0.25) is 5.65 Å². The van der Waals surface area contributed by atoms with Crippen LogP contribution in [0.5, 0.6) is 0 Å². The number of nitrogens with zero attached hydrogens (tertiary/aromatic N) is 5. The Morgan fingerprint density at radius 1 is 1.47 bits per heavy atom. The molecule has 2 N–H and O–H groups in total. The Hall–Kier alpha value is -1.73. The van der Waals surface area contributed by atoms with Crippen LogP contribution in [-0.2, 0) is 4.74 Å². The lowest BCUT2D eigenvalue weighted by Gasteiger charge is -2.35. The van der Waals surface area contributed by atoms with E-state index in [4.69, 9.17) is 10.5 Å². The predicted octanol–water partition coefficient (Wildman–Crippen LogP) is -0.0149. The van der Waals surface area contributed by atoms with Gasteiger partial charge in [0.1, 0.15) is 5.82 Å². The first-order valence-corrected chi connectivity index (χ1v) is 6.45. The van der Waals surface area contributed by atoms with Gasteiger partial charge < -0.3 is 15.4 Å². The van der Waals surface area contributed by atoms with Gasteiger partial charge in [0.15, 0.2) is 5.82 Å². The van der Waals surface area contributed by atoms with Gasteiger partial charge in [-0.15, -0.1) is 10.2 Å². The van der Waals surface area contributed by atoms with Crippen LogP contribution >= 0.6 is 0 Å². The summed E-state index contributed by atoms with van der Waals surface area (Å²) in [6.07, 6.45) is 3.67. The van der Waals surface area contributed by atoms with Gasteiger partial charge in [0, 0.05) is 31.5 Å². The Morgan fingerprint density at radius 3 is 3.11 bits per heavy atom. The summed E-state index contributed by atoms with van der Waals surface area (Å²) in [4.78, 5) is 6.61. The number of fused-ring (bicyclic) bond motifs is 1. The first kappa shape index (κ1) is 12.3. The van der Waals surface area contributed by atoms with Gasteiger partial charge in [-0.2, -0.15) is 0 Å². The molecule has 0 aromatic carbocycles. The maximum Gasteiger partial charge on any atom is 0.203 e. The lowest BCUT2D eigenvalue weighted by Crippen LogP contribution is -2.50. The van der Waals surface area contributed by atoms with Crippen molar-refractivity contribution in [1.82, 2.24) is 19.6 Å². The number of aromatic nitrogens is 4. The summed E-state index contributed by atoms with van der Waals surface area (Å²) in [5, 5.41) is 8.30. The van der Waals surface area contributed by atoms with Crippen LogP contribution in [0.2, 0.25) is 0 Å². The quantitative estimate of drug-likeness (QED) is 0.819. The van der Waals surface area contributed by atoms with Gasteiger partial charge in [0.05, 0.1) is 12.7 Å². The standard InChI is InChI=1S/C12H18N6O/c1-8(13)10-7-17(5-6-19-10)11-12-16-15-9(2)18(12)4-3-14-11/h3-4,8,10H,5-7,13H2,1-2H3. The Bertz CT molecular complexity index is 581. The van der Waals surface area contributed by atoms with E-state index in [1.54, 1.807) is 6.20 Å². The molecule has 2 unspecified atom stereocenters. The van der Waals surface area contributed by atoms with Crippen LogP contribution in [0, 0.1) is 6.92 Å². The Kier molecular flexibility index (Phi) is 3.08. The first-order valence-electron chi connectivity index (χ1n) is 6.45. The first-order chi connectivity index (χ1) is 9.16. The van der Waals surface area contributed by atoms with Crippen molar-refractivity contribution in [2.45, 2.75) is 26.0 Å². The van der Waals surface area contributed by atoms with E-state index in [9.17, 15) is 0 Å². The topological polar surface area (TPSA) is 81.6 Å². The number of hydrogen-bond donors (Lipinski definition) is 1. The van der Waals surface area contributed by atoms with Crippen LogP contribution in [0.3, 0.4) is 0 Å². The average Bonchev–Trinajstić information content (AvgIpc) is 2.81. The van der Waals surface area contributed by atoms with E-state index in [1.165, 1.54) is 0 Å². The zero-order valence-electron chi connectivity index (χ0n) is 11.2. The second-order valence-electron chi connectivity index (χ2n) is 4.91. The molecule has 3 heterocycles. The fourth-order valence-corrected chi connectivity index (χ4v) is 2.34. The smallest absolute Gasteiger partial charge is 0.203 e. The van der Waals surface area contributed by atoms with E-state index >= 15 is 0 Å². The van der Waals surface area contributed by atoms with Crippen molar-refractivity contribution >= 4 is 11.5 Å². The van der Waals surface area contributed by atoms with Crippen LogP contribution in [0.25, 0.3) is 5.65 Å². The molecule has 19 heavy (non-hydrogen) atoms. The van der Waals surface area contributed by atoms with Crippen molar-refractivity contribution in [1.29, 1.82) is 0 Å². The number of rotatable bonds is 2. The third kappa shape index (κ3) is 2.15. The number of aryl methyl sites for hydroxylation is 1. The highest BCUT2D eigenvalue weighted by atomic mass is 16.5. The maximum absolute atomic E-state index is 5.92. The summed E-state index contributed by atoms with van der Waals surface area (Å²) in [6, 6.07) is 0.00198. The molecule has 0 saturated carbocycles. The second-order valence-corrected chi connectivity index (χ2v) is 4.91. The molecule has 1 aliphatic heterocycles. The molecule has 2 atom stereocenters. The minimum atomic E-state index is 0.00198. The SMILES string of the molecule is Cc1nnc2c(N3CCOC(C(C)N)C3)nccn12. The summed E-state index contributed by atoms with van der Waals surface area (Å²) in [7, 11) is 0. The molecule has 0 amide bonds. The third-order valence-electron chi connectivity index (χ3n) is 3.46. The van der Waals surface area contributed by atoms with Crippen molar-refractivity contribution in [3.63, 3.8) is 0 Å². The summed E-state index contributed by atoms with van der Waals surface area (Å²) >= 11 is 0. The van der Waals surface area contributed by atoms with Gasteiger partial charge in [-0.1, -0.05) is 0 Å². The van der Waals surface area contributed by atoms with E-state index in [2.05, 4.69) is 20.1 Å². The molecule has 2 aromatic heterocycles. The normalized spacial score (nSPS) is 21.8. The number of ether oxygens (including phenoxy) is 1.